The van der Waals surface area contributed by atoms with Gasteiger partial charge in [-0.05, 0) is 30.9 Å². The molecule has 15 heavy (non-hydrogen) atoms. The first-order chi connectivity index (χ1) is 7.18. The third-order valence-electron chi connectivity index (χ3n) is 2.46. The van der Waals surface area contributed by atoms with Crippen molar-refractivity contribution in [3.8, 4) is 0 Å². The fourth-order valence-electron chi connectivity index (χ4n) is 1.86. The van der Waals surface area contributed by atoms with Crippen LogP contribution in [0.5, 0.6) is 0 Å². The van der Waals surface area contributed by atoms with Crippen molar-refractivity contribution in [3.63, 3.8) is 0 Å². The Balaban J connectivity index is 2.68. The van der Waals surface area contributed by atoms with E-state index in [2.05, 4.69) is 55.2 Å². The van der Waals surface area contributed by atoms with Gasteiger partial charge in [-0.1, -0.05) is 36.9 Å². The van der Waals surface area contributed by atoms with Gasteiger partial charge in [0.2, 0.25) is 0 Å². The number of hydrogen-bond acceptors (Lipinski definition) is 1. The molecule has 0 aliphatic carbocycles. The van der Waals surface area contributed by atoms with E-state index in [4.69, 9.17) is 0 Å². The smallest absolute Gasteiger partial charge is 0.0463 e. The van der Waals surface area contributed by atoms with Crippen molar-refractivity contribution in [2.24, 2.45) is 0 Å². The van der Waals surface area contributed by atoms with Gasteiger partial charge in [-0.3, -0.25) is 0 Å². The molecule has 2 rings (SSSR count). The van der Waals surface area contributed by atoms with Crippen LogP contribution in [0.15, 0.2) is 48.7 Å². The number of nitrogens with one attached hydrogen (secondary N) is 1. The van der Waals surface area contributed by atoms with Crippen LogP contribution in [0.1, 0.15) is 12.5 Å². The van der Waals surface area contributed by atoms with Crippen LogP contribution in [-0.2, 0) is 0 Å². The minimum absolute atomic E-state index is 0.964. The molecule has 0 atom stereocenters. The minimum Gasteiger partial charge on any atom is -0.359 e. The van der Waals surface area contributed by atoms with Crippen molar-refractivity contribution in [1.29, 1.82) is 0 Å². The Hall–Kier alpha value is -1.76. The highest BCUT2D eigenvalue weighted by Crippen LogP contribution is 2.27. The fourth-order valence-corrected chi connectivity index (χ4v) is 1.86. The number of fused-ring (bicyclic) bond motifs is 1. The molecule has 0 radical (unpaired) electrons. The van der Waals surface area contributed by atoms with Crippen LogP contribution < -0.4 is 5.32 Å². The predicted octanol–water partition coefficient (Wildman–Crippen LogP) is 4.09. The van der Waals surface area contributed by atoms with E-state index < -0.39 is 0 Å². The number of aryl methyl sites for hydroxylation is 1. The van der Waals surface area contributed by atoms with E-state index in [-0.39, 0.29) is 0 Å². The Morgan fingerprint density at radius 1 is 1.13 bits per heavy atom. The van der Waals surface area contributed by atoms with Crippen LogP contribution in [0, 0.1) is 6.92 Å². The lowest BCUT2D eigenvalue weighted by Crippen LogP contribution is -1.95. The van der Waals surface area contributed by atoms with Crippen molar-refractivity contribution >= 4 is 16.5 Å². The van der Waals surface area contributed by atoms with Crippen molar-refractivity contribution in [2.75, 3.05) is 5.32 Å². The Kier molecular flexibility index (Phi) is 2.46. The molecule has 0 aliphatic rings. The summed E-state index contributed by atoms with van der Waals surface area (Å²) in [5.74, 6) is 0. The largest absolute Gasteiger partial charge is 0.359 e. The van der Waals surface area contributed by atoms with Gasteiger partial charge in [-0.25, -0.2) is 0 Å². The summed E-state index contributed by atoms with van der Waals surface area (Å²) >= 11 is 0. The summed E-state index contributed by atoms with van der Waals surface area (Å²) < 4.78 is 0. The highest BCUT2D eigenvalue weighted by molar-refractivity contribution is 5.96. The Labute approximate surface area is 90.4 Å². The summed E-state index contributed by atoms with van der Waals surface area (Å²) in [5.41, 5.74) is 3.39. The van der Waals surface area contributed by atoms with Gasteiger partial charge >= 0.3 is 0 Å². The lowest BCUT2D eigenvalue weighted by Gasteiger charge is -2.11. The van der Waals surface area contributed by atoms with Crippen LogP contribution in [0.3, 0.4) is 0 Å². The standard InChI is InChI=1S/C14H15N/c1-10(2)15-13-9-5-8-12-7-4-6-11(3)14(12)13/h4-9,15H,1H2,2-3H3. The molecule has 0 heterocycles. The Morgan fingerprint density at radius 2 is 1.80 bits per heavy atom. The highest BCUT2D eigenvalue weighted by Gasteiger charge is 2.02. The molecule has 0 aliphatic heterocycles. The quantitative estimate of drug-likeness (QED) is 0.764. The molecular formula is C14H15N. The summed E-state index contributed by atoms with van der Waals surface area (Å²) in [6.45, 7) is 7.98. The molecule has 0 amide bonds. The second-order valence-corrected chi connectivity index (χ2v) is 3.88. The van der Waals surface area contributed by atoms with Crippen molar-refractivity contribution in [2.45, 2.75) is 13.8 Å². The summed E-state index contributed by atoms with van der Waals surface area (Å²) in [7, 11) is 0. The second-order valence-electron chi connectivity index (χ2n) is 3.88. The van der Waals surface area contributed by atoms with E-state index in [1.54, 1.807) is 0 Å². The number of allylic oxidation sites excluding steroid dienone is 1. The molecular weight excluding hydrogens is 182 g/mol. The lowest BCUT2D eigenvalue weighted by atomic mass is 10.0. The third kappa shape index (κ3) is 1.86. The zero-order valence-electron chi connectivity index (χ0n) is 9.17. The van der Waals surface area contributed by atoms with E-state index in [0.717, 1.165) is 11.4 Å². The summed E-state index contributed by atoms with van der Waals surface area (Å²) in [4.78, 5) is 0. The van der Waals surface area contributed by atoms with Gasteiger partial charge in [0, 0.05) is 16.8 Å². The number of hydrogen-bond donors (Lipinski definition) is 1. The van der Waals surface area contributed by atoms with Gasteiger partial charge in [0.25, 0.3) is 0 Å². The molecule has 0 bridgehead atoms. The zero-order valence-corrected chi connectivity index (χ0v) is 9.17. The van der Waals surface area contributed by atoms with Crippen LogP contribution in [0.25, 0.3) is 10.8 Å². The van der Waals surface area contributed by atoms with Crippen LogP contribution in [0.4, 0.5) is 5.69 Å². The van der Waals surface area contributed by atoms with Gasteiger partial charge in [0.1, 0.15) is 0 Å². The number of anilines is 1. The first kappa shape index (κ1) is 9.78. The molecule has 1 heteroatoms. The van der Waals surface area contributed by atoms with E-state index in [9.17, 15) is 0 Å². The predicted molar refractivity (Wildman–Crippen MR) is 67.1 cm³/mol. The normalized spacial score (nSPS) is 10.3. The SMILES string of the molecule is C=C(C)Nc1cccc2cccc(C)c12. The van der Waals surface area contributed by atoms with Gasteiger partial charge in [0.05, 0.1) is 0 Å². The maximum Gasteiger partial charge on any atom is 0.0463 e. The molecule has 76 valence electrons. The Bertz CT molecular complexity index is 506. The van der Waals surface area contributed by atoms with Crippen molar-refractivity contribution < 1.29 is 0 Å². The molecule has 0 fully saturated rings. The first-order valence-electron chi connectivity index (χ1n) is 5.09. The minimum atomic E-state index is 0.964. The van der Waals surface area contributed by atoms with Gasteiger partial charge < -0.3 is 5.32 Å². The number of benzene rings is 2. The van der Waals surface area contributed by atoms with Crippen LogP contribution in [-0.4, -0.2) is 0 Å². The summed E-state index contributed by atoms with van der Waals surface area (Å²) in [6, 6.07) is 12.6. The van der Waals surface area contributed by atoms with Crippen LogP contribution in [0.2, 0.25) is 0 Å². The topological polar surface area (TPSA) is 12.0 Å². The first-order valence-corrected chi connectivity index (χ1v) is 5.09. The maximum atomic E-state index is 3.88. The van der Waals surface area contributed by atoms with Gasteiger partial charge in [0.15, 0.2) is 0 Å². The van der Waals surface area contributed by atoms with E-state index >= 15 is 0 Å². The third-order valence-corrected chi connectivity index (χ3v) is 2.46. The van der Waals surface area contributed by atoms with E-state index in [1.807, 2.05) is 6.92 Å². The fraction of sp³-hybridized carbons (Fsp3) is 0.143. The second kappa shape index (κ2) is 3.77. The van der Waals surface area contributed by atoms with E-state index in [0.29, 0.717) is 0 Å². The molecule has 0 spiro atoms. The lowest BCUT2D eigenvalue weighted by molar-refractivity contribution is 1.40. The summed E-state index contributed by atoms with van der Waals surface area (Å²) in [5, 5.41) is 5.84. The van der Waals surface area contributed by atoms with Crippen molar-refractivity contribution in [1.82, 2.24) is 0 Å². The molecule has 2 aromatic rings. The molecule has 1 N–H and O–H groups in total. The molecule has 0 unspecified atom stereocenters. The highest BCUT2D eigenvalue weighted by atomic mass is 14.9. The monoisotopic (exact) mass is 197 g/mol. The average molecular weight is 197 g/mol. The summed E-state index contributed by atoms with van der Waals surface area (Å²) in [6.07, 6.45) is 0. The zero-order chi connectivity index (χ0) is 10.8. The molecule has 0 saturated heterocycles. The van der Waals surface area contributed by atoms with Gasteiger partial charge in [-0.15, -0.1) is 0 Å². The number of rotatable bonds is 2. The molecule has 0 aromatic heterocycles. The molecule has 1 nitrogen and oxygen atoms in total. The van der Waals surface area contributed by atoms with Crippen molar-refractivity contribution in [3.05, 3.63) is 54.2 Å². The van der Waals surface area contributed by atoms with Crippen LogP contribution >= 0.6 is 0 Å². The Morgan fingerprint density at radius 3 is 2.47 bits per heavy atom. The van der Waals surface area contributed by atoms with Gasteiger partial charge in [-0.2, -0.15) is 0 Å². The molecule has 2 aromatic carbocycles. The van der Waals surface area contributed by atoms with E-state index in [1.165, 1.54) is 16.3 Å². The average Bonchev–Trinajstić information content (AvgIpc) is 2.17. The molecule has 0 saturated carbocycles. The maximum absolute atomic E-state index is 3.88.